The minimum atomic E-state index is -1.01. The van der Waals surface area contributed by atoms with Gasteiger partial charge in [-0.3, -0.25) is 4.79 Å². The van der Waals surface area contributed by atoms with E-state index in [1.54, 1.807) is 12.1 Å². The number of halogens is 2. The van der Waals surface area contributed by atoms with Gasteiger partial charge in [0.25, 0.3) is 0 Å². The van der Waals surface area contributed by atoms with Crippen LogP contribution in [0.2, 0.25) is 0 Å². The molecule has 0 aliphatic heterocycles. The summed E-state index contributed by atoms with van der Waals surface area (Å²) in [6.07, 6.45) is 1.27. The van der Waals surface area contributed by atoms with Crippen molar-refractivity contribution in [3.8, 4) is 5.88 Å². The third-order valence-corrected chi connectivity index (χ3v) is 3.65. The lowest BCUT2D eigenvalue weighted by Gasteiger charge is -2.17. The van der Waals surface area contributed by atoms with Gasteiger partial charge in [0, 0.05) is 24.2 Å². The zero-order valence-corrected chi connectivity index (χ0v) is 14.3. The van der Waals surface area contributed by atoms with Crippen LogP contribution in [-0.2, 0) is 27.2 Å². The van der Waals surface area contributed by atoms with E-state index in [2.05, 4.69) is 10.3 Å². The number of amides is 1. The van der Waals surface area contributed by atoms with Gasteiger partial charge in [0.1, 0.15) is 17.7 Å². The van der Waals surface area contributed by atoms with Crippen molar-refractivity contribution in [2.45, 2.75) is 18.9 Å². The Morgan fingerprint density at radius 1 is 1.19 bits per heavy atom. The minimum Gasteiger partial charge on any atom is -0.481 e. The second-order valence-corrected chi connectivity index (χ2v) is 5.43. The Balaban J connectivity index is 2.12. The fourth-order valence-corrected chi connectivity index (χ4v) is 2.40. The van der Waals surface area contributed by atoms with Crippen LogP contribution < -0.4 is 10.1 Å². The van der Waals surface area contributed by atoms with E-state index in [-0.39, 0.29) is 18.4 Å². The van der Waals surface area contributed by atoms with Gasteiger partial charge in [-0.25, -0.2) is 18.6 Å². The van der Waals surface area contributed by atoms with Crippen LogP contribution in [0, 0.1) is 11.6 Å². The molecule has 0 aliphatic carbocycles. The first-order chi connectivity index (χ1) is 12.4. The molecule has 1 aromatic heterocycles. The minimum absolute atomic E-state index is 0.0199. The molecule has 1 heterocycles. The second-order valence-electron chi connectivity index (χ2n) is 5.43. The summed E-state index contributed by atoms with van der Waals surface area (Å²) in [5.41, 5.74) is 0.616. The number of esters is 1. The molecule has 0 spiro atoms. The van der Waals surface area contributed by atoms with Crippen molar-refractivity contribution in [1.29, 1.82) is 0 Å². The summed E-state index contributed by atoms with van der Waals surface area (Å²) in [5.74, 6) is -2.51. The van der Waals surface area contributed by atoms with E-state index in [0.29, 0.717) is 17.5 Å². The predicted molar refractivity (Wildman–Crippen MR) is 88.5 cm³/mol. The number of nitrogens with one attached hydrogen (secondary N) is 1. The lowest BCUT2D eigenvalue weighted by Crippen LogP contribution is -2.43. The average molecular weight is 364 g/mol. The van der Waals surface area contributed by atoms with Crippen LogP contribution in [0.15, 0.2) is 36.5 Å². The van der Waals surface area contributed by atoms with Gasteiger partial charge in [-0.2, -0.15) is 0 Å². The number of hydrogen-bond donors (Lipinski definition) is 1. The fourth-order valence-electron chi connectivity index (χ4n) is 2.40. The highest BCUT2D eigenvalue weighted by atomic mass is 19.1. The molecule has 0 bridgehead atoms. The van der Waals surface area contributed by atoms with Crippen molar-refractivity contribution in [2.75, 3.05) is 14.2 Å². The molecule has 1 N–H and O–H groups in total. The smallest absolute Gasteiger partial charge is 0.328 e. The summed E-state index contributed by atoms with van der Waals surface area (Å²) in [5, 5.41) is 2.50. The van der Waals surface area contributed by atoms with Gasteiger partial charge in [0.15, 0.2) is 0 Å². The van der Waals surface area contributed by atoms with Crippen molar-refractivity contribution in [3.63, 3.8) is 0 Å². The monoisotopic (exact) mass is 364 g/mol. The summed E-state index contributed by atoms with van der Waals surface area (Å²) in [6.45, 7) is 0. The number of rotatable bonds is 7. The Bertz CT molecular complexity index is 799. The van der Waals surface area contributed by atoms with Crippen molar-refractivity contribution in [1.82, 2.24) is 10.3 Å². The third kappa shape index (κ3) is 4.98. The molecule has 0 unspecified atom stereocenters. The maximum Gasteiger partial charge on any atom is 0.328 e. The lowest BCUT2D eigenvalue weighted by molar-refractivity contribution is -0.145. The van der Waals surface area contributed by atoms with E-state index in [0.717, 1.165) is 6.07 Å². The molecule has 0 fully saturated rings. The maximum atomic E-state index is 13.7. The van der Waals surface area contributed by atoms with Crippen LogP contribution in [-0.4, -0.2) is 37.1 Å². The second kappa shape index (κ2) is 8.89. The third-order valence-electron chi connectivity index (χ3n) is 3.65. The van der Waals surface area contributed by atoms with Crippen molar-refractivity contribution >= 4 is 11.9 Å². The Labute approximate surface area is 149 Å². The highest BCUT2D eigenvalue weighted by Crippen LogP contribution is 2.16. The van der Waals surface area contributed by atoms with E-state index < -0.39 is 29.6 Å². The summed E-state index contributed by atoms with van der Waals surface area (Å²) in [7, 11) is 2.64. The van der Waals surface area contributed by atoms with Crippen LogP contribution >= 0.6 is 0 Å². The van der Waals surface area contributed by atoms with E-state index in [4.69, 9.17) is 9.47 Å². The van der Waals surface area contributed by atoms with Gasteiger partial charge in [0.05, 0.1) is 20.6 Å². The molecule has 8 heteroatoms. The molecule has 0 saturated heterocycles. The quantitative estimate of drug-likeness (QED) is 0.759. The Hall–Kier alpha value is -3.03. The Morgan fingerprint density at radius 3 is 2.62 bits per heavy atom. The molecular weight excluding hydrogens is 346 g/mol. The van der Waals surface area contributed by atoms with Gasteiger partial charge in [-0.1, -0.05) is 12.1 Å². The van der Waals surface area contributed by atoms with E-state index in [9.17, 15) is 18.4 Å². The molecule has 0 saturated carbocycles. The van der Waals surface area contributed by atoms with Crippen LogP contribution in [0.25, 0.3) is 0 Å². The number of carbonyl (C=O) groups excluding carboxylic acids is 2. The molecule has 0 aliphatic rings. The average Bonchev–Trinajstić information content (AvgIpc) is 2.63. The summed E-state index contributed by atoms with van der Waals surface area (Å²) < 4.78 is 36.5. The van der Waals surface area contributed by atoms with Crippen molar-refractivity contribution in [2.24, 2.45) is 0 Å². The molecule has 1 amide bonds. The fraction of sp³-hybridized carbons (Fsp3) is 0.278. The standard InChI is InChI=1S/C18H18F2N2O4/c1-25-17-12(4-3-7-21-17)8-15(18(24)26-2)22-16(23)9-11-5-6-13(19)10-14(11)20/h3-7,10,15H,8-9H2,1-2H3,(H,22,23)/t15-/m1/s1. The lowest BCUT2D eigenvalue weighted by atomic mass is 10.1. The molecule has 1 aromatic carbocycles. The normalized spacial score (nSPS) is 11.5. The number of methoxy groups -OCH3 is 2. The largest absolute Gasteiger partial charge is 0.481 e. The Kier molecular flexibility index (Phi) is 6.60. The van der Waals surface area contributed by atoms with Gasteiger partial charge in [0.2, 0.25) is 11.8 Å². The summed E-state index contributed by atoms with van der Waals surface area (Å²) >= 11 is 0. The first kappa shape index (κ1) is 19.3. The summed E-state index contributed by atoms with van der Waals surface area (Å²) in [6, 6.07) is 5.30. The van der Waals surface area contributed by atoms with Crippen LogP contribution in [0.4, 0.5) is 8.78 Å². The van der Waals surface area contributed by atoms with E-state index >= 15 is 0 Å². The predicted octanol–water partition coefficient (Wildman–Crippen LogP) is 1.81. The first-order valence-corrected chi connectivity index (χ1v) is 7.73. The summed E-state index contributed by atoms with van der Waals surface area (Å²) in [4.78, 5) is 28.2. The molecule has 26 heavy (non-hydrogen) atoms. The number of hydrogen-bond acceptors (Lipinski definition) is 5. The number of ether oxygens (including phenoxy) is 2. The zero-order chi connectivity index (χ0) is 19.1. The number of aromatic nitrogens is 1. The molecule has 2 aromatic rings. The highest BCUT2D eigenvalue weighted by molar-refractivity contribution is 5.85. The molecular formula is C18H18F2N2O4. The molecule has 2 rings (SSSR count). The number of nitrogens with zero attached hydrogens (tertiary/aromatic N) is 1. The maximum absolute atomic E-state index is 13.7. The van der Waals surface area contributed by atoms with Gasteiger partial charge >= 0.3 is 5.97 Å². The van der Waals surface area contributed by atoms with E-state index in [1.165, 1.54) is 26.5 Å². The highest BCUT2D eigenvalue weighted by Gasteiger charge is 2.24. The van der Waals surface area contributed by atoms with E-state index in [1.807, 2.05) is 0 Å². The zero-order valence-electron chi connectivity index (χ0n) is 14.3. The number of carbonyl (C=O) groups is 2. The van der Waals surface area contributed by atoms with Crippen LogP contribution in [0.3, 0.4) is 0 Å². The van der Waals surface area contributed by atoms with Crippen LogP contribution in [0.5, 0.6) is 5.88 Å². The first-order valence-electron chi connectivity index (χ1n) is 7.73. The van der Waals surface area contributed by atoms with Gasteiger partial charge in [-0.15, -0.1) is 0 Å². The molecule has 1 atom stereocenters. The number of benzene rings is 1. The molecule has 138 valence electrons. The molecule has 0 radical (unpaired) electrons. The van der Waals surface area contributed by atoms with Gasteiger partial charge < -0.3 is 14.8 Å². The van der Waals surface area contributed by atoms with Crippen LogP contribution in [0.1, 0.15) is 11.1 Å². The number of pyridine rings is 1. The molecule has 6 nitrogen and oxygen atoms in total. The van der Waals surface area contributed by atoms with Crippen molar-refractivity contribution < 1.29 is 27.8 Å². The Morgan fingerprint density at radius 2 is 1.96 bits per heavy atom. The topological polar surface area (TPSA) is 77.5 Å². The van der Waals surface area contributed by atoms with Gasteiger partial charge in [-0.05, 0) is 17.7 Å². The SMILES string of the molecule is COC(=O)[C@@H](Cc1cccnc1OC)NC(=O)Cc1ccc(F)cc1F. The van der Waals surface area contributed by atoms with Crippen molar-refractivity contribution in [3.05, 3.63) is 59.3 Å².